The molecule has 0 radical (unpaired) electrons. The fourth-order valence-electron chi connectivity index (χ4n) is 5.37. The molecular weight excluding hydrogens is 540 g/mol. The van der Waals surface area contributed by atoms with E-state index in [1.807, 2.05) is 24.3 Å². The lowest BCUT2D eigenvalue weighted by molar-refractivity contribution is -0.339. The number of aliphatic hydroxyl groups excluding tert-OH is 4. The molecule has 0 unspecified atom stereocenters. The molecule has 2 aliphatic rings. The second kappa shape index (κ2) is 11.6. The number of aromatic nitrogens is 2. The van der Waals surface area contributed by atoms with Crippen LogP contribution < -0.4 is 0 Å². The van der Waals surface area contributed by atoms with Gasteiger partial charge in [0.2, 0.25) is 6.29 Å². The van der Waals surface area contributed by atoms with Crippen molar-refractivity contribution in [3.8, 4) is 0 Å². The number of carboxylic acid groups (broad SMARTS) is 1. The molecule has 1 aromatic carbocycles. The smallest absolute Gasteiger partial charge is 0.354 e. The lowest BCUT2D eigenvalue weighted by Gasteiger charge is -2.43. The van der Waals surface area contributed by atoms with Crippen LogP contribution in [-0.4, -0.2) is 98.2 Å². The van der Waals surface area contributed by atoms with Gasteiger partial charge in [-0.1, -0.05) is 24.3 Å². The van der Waals surface area contributed by atoms with Gasteiger partial charge in [0, 0.05) is 28.1 Å². The van der Waals surface area contributed by atoms with E-state index in [1.165, 1.54) is 19.3 Å². The predicted molar refractivity (Wildman–Crippen MR) is 141 cm³/mol. The van der Waals surface area contributed by atoms with Crippen molar-refractivity contribution in [1.29, 1.82) is 0 Å². The zero-order valence-corrected chi connectivity index (χ0v) is 21.9. The monoisotopic (exact) mass is 570 g/mol. The number of esters is 1. The number of hydrogen-bond donors (Lipinski definition) is 6. The van der Waals surface area contributed by atoms with Crippen molar-refractivity contribution in [1.82, 2.24) is 9.97 Å². The van der Waals surface area contributed by atoms with Crippen molar-refractivity contribution in [3.05, 3.63) is 66.2 Å². The van der Waals surface area contributed by atoms with Crippen molar-refractivity contribution >= 4 is 33.7 Å². The Labute approximate surface area is 233 Å². The Morgan fingerprint density at radius 2 is 1.88 bits per heavy atom. The van der Waals surface area contributed by atoms with E-state index in [1.54, 1.807) is 0 Å². The Morgan fingerprint density at radius 3 is 2.56 bits per heavy atom. The number of rotatable bonds is 8. The highest BCUT2D eigenvalue weighted by molar-refractivity contribution is 6.09. The van der Waals surface area contributed by atoms with E-state index in [2.05, 4.69) is 16.5 Å². The normalized spacial score (nSPS) is 30.0. The number of methoxy groups -OCH3 is 1. The third kappa shape index (κ3) is 5.19. The van der Waals surface area contributed by atoms with Gasteiger partial charge in [0.1, 0.15) is 30.1 Å². The first-order chi connectivity index (χ1) is 19.7. The SMILES string of the molecule is C=C[C@@H]1[C@H](O[C@@H]2O[C@H](CO)[C@@H](O)[C@H](O)[C@H]2O)OC=C(C(=O)OC)[C@@H]1Cc1nc(C(=O)O)cc2c1[nH]c1ccccc12. The number of carbonyl (C=O) groups excluding carboxylic acids is 1. The molecule has 4 heterocycles. The summed E-state index contributed by atoms with van der Waals surface area (Å²) in [6.07, 6.45) is -6.23. The second-order valence-electron chi connectivity index (χ2n) is 9.88. The van der Waals surface area contributed by atoms with E-state index in [0.717, 1.165) is 17.2 Å². The van der Waals surface area contributed by atoms with Crippen LogP contribution in [0, 0.1) is 11.8 Å². The summed E-state index contributed by atoms with van der Waals surface area (Å²) in [6, 6.07) is 8.87. The molecule has 8 atom stereocenters. The average molecular weight is 571 g/mol. The molecule has 1 fully saturated rings. The van der Waals surface area contributed by atoms with Crippen molar-refractivity contribution in [2.24, 2.45) is 11.8 Å². The summed E-state index contributed by atoms with van der Waals surface area (Å²) in [7, 11) is 1.21. The summed E-state index contributed by atoms with van der Waals surface area (Å²) in [6.45, 7) is 3.21. The number of nitrogens with one attached hydrogen (secondary N) is 1. The molecule has 1 saturated heterocycles. The predicted octanol–water partition coefficient (Wildman–Crippen LogP) is 0.605. The maximum atomic E-state index is 12.8. The molecule has 41 heavy (non-hydrogen) atoms. The minimum atomic E-state index is -1.69. The molecule has 0 amide bonds. The van der Waals surface area contributed by atoms with Crippen LogP contribution in [0.2, 0.25) is 0 Å². The fourth-order valence-corrected chi connectivity index (χ4v) is 5.37. The number of carbonyl (C=O) groups is 2. The highest BCUT2D eigenvalue weighted by Gasteiger charge is 2.47. The number of aromatic carboxylic acids is 1. The number of pyridine rings is 1. The number of benzene rings is 1. The Balaban J connectivity index is 1.54. The topological polar surface area (TPSA) is 201 Å². The minimum absolute atomic E-state index is 0.0277. The average Bonchev–Trinajstić information content (AvgIpc) is 3.36. The maximum absolute atomic E-state index is 12.8. The van der Waals surface area contributed by atoms with Crippen molar-refractivity contribution in [3.63, 3.8) is 0 Å². The molecule has 0 bridgehead atoms. The molecule has 3 aromatic rings. The first-order valence-corrected chi connectivity index (χ1v) is 12.8. The first-order valence-electron chi connectivity index (χ1n) is 12.8. The van der Waals surface area contributed by atoms with Crippen LogP contribution in [0.5, 0.6) is 0 Å². The number of ether oxygens (including phenoxy) is 4. The van der Waals surface area contributed by atoms with Gasteiger partial charge in [-0.15, -0.1) is 6.58 Å². The number of fused-ring (bicyclic) bond motifs is 3. The van der Waals surface area contributed by atoms with Crippen molar-refractivity contribution in [2.45, 2.75) is 43.4 Å². The molecule has 218 valence electrons. The van der Waals surface area contributed by atoms with Gasteiger partial charge in [-0.3, -0.25) is 0 Å². The van der Waals surface area contributed by atoms with E-state index in [0.29, 0.717) is 16.6 Å². The molecule has 2 aliphatic heterocycles. The largest absolute Gasteiger partial charge is 0.477 e. The lowest BCUT2D eigenvalue weighted by Crippen LogP contribution is -2.60. The number of aliphatic hydroxyl groups is 4. The molecule has 2 aromatic heterocycles. The van der Waals surface area contributed by atoms with Crippen LogP contribution in [0.15, 0.2) is 54.8 Å². The van der Waals surface area contributed by atoms with E-state index >= 15 is 0 Å². The van der Waals surface area contributed by atoms with Crippen LogP contribution in [0.25, 0.3) is 21.8 Å². The molecule has 0 aliphatic carbocycles. The molecular formula is C28H30N2O11. The van der Waals surface area contributed by atoms with E-state index in [4.69, 9.17) is 18.9 Å². The highest BCUT2D eigenvalue weighted by atomic mass is 16.8. The van der Waals surface area contributed by atoms with Crippen LogP contribution in [0.4, 0.5) is 0 Å². The summed E-state index contributed by atoms with van der Waals surface area (Å²) in [5, 5.41) is 51.5. The summed E-state index contributed by atoms with van der Waals surface area (Å²) < 4.78 is 22.0. The molecule has 13 heteroatoms. The zero-order valence-electron chi connectivity index (χ0n) is 21.9. The van der Waals surface area contributed by atoms with Gasteiger partial charge >= 0.3 is 11.9 Å². The van der Waals surface area contributed by atoms with Crippen LogP contribution in [0.3, 0.4) is 0 Å². The van der Waals surface area contributed by atoms with Gasteiger partial charge in [0.25, 0.3) is 0 Å². The molecule has 0 spiro atoms. The van der Waals surface area contributed by atoms with Gasteiger partial charge in [-0.2, -0.15) is 0 Å². The Bertz CT molecular complexity index is 1500. The summed E-state index contributed by atoms with van der Waals surface area (Å²) in [5.41, 5.74) is 1.64. The minimum Gasteiger partial charge on any atom is -0.477 e. The quantitative estimate of drug-likeness (QED) is 0.163. The first kappa shape index (κ1) is 28.7. The summed E-state index contributed by atoms with van der Waals surface area (Å²) in [4.78, 5) is 32.5. The van der Waals surface area contributed by atoms with Crippen LogP contribution in [0.1, 0.15) is 16.2 Å². The van der Waals surface area contributed by atoms with Crippen molar-refractivity contribution in [2.75, 3.05) is 13.7 Å². The third-order valence-electron chi connectivity index (χ3n) is 7.52. The van der Waals surface area contributed by atoms with Crippen molar-refractivity contribution < 1.29 is 54.1 Å². The Hall–Kier alpha value is -3.85. The zero-order chi connectivity index (χ0) is 29.4. The lowest BCUT2D eigenvalue weighted by atomic mass is 9.80. The highest BCUT2D eigenvalue weighted by Crippen LogP contribution is 2.38. The Kier molecular flexibility index (Phi) is 8.09. The van der Waals surface area contributed by atoms with Crippen LogP contribution >= 0.6 is 0 Å². The molecule has 13 nitrogen and oxygen atoms in total. The number of carboxylic acids is 1. The van der Waals surface area contributed by atoms with Gasteiger partial charge in [-0.05, 0) is 18.6 Å². The number of aromatic amines is 1. The fraction of sp³-hybridized carbons (Fsp3) is 0.393. The molecule has 6 N–H and O–H groups in total. The summed E-state index contributed by atoms with van der Waals surface area (Å²) in [5.74, 6) is -3.47. The number of H-pyrrole nitrogens is 1. The standard InChI is InChI=1S/C28H30N2O11/c1-3-12-14(8-18-21-15(9-19(29-18)25(35)36)13-6-4-5-7-17(13)30-21)16(26(37)38-2)11-39-27(12)41-28-24(34)23(33)22(32)20(10-31)40-28/h3-7,9,11-12,14,20,22-24,27-28,30-34H,1,8,10H2,2H3,(H,35,36)/t12-,14+,20+,22+,23-,24+,27-,28-/m0/s1. The number of para-hydroxylation sites is 1. The molecule has 5 rings (SSSR count). The Morgan fingerprint density at radius 1 is 1.12 bits per heavy atom. The van der Waals surface area contributed by atoms with E-state index in [-0.39, 0.29) is 17.7 Å². The third-order valence-corrected chi connectivity index (χ3v) is 7.52. The van der Waals surface area contributed by atoms with Gasteiger partial charge in [-0.25, -0.2) is 14.6 Å². The second-order valence-corrected chi connectivity index (χ2v) is 9.88. The maximum Gasteiger partial charge on any atom is 0.354 e. The molecule has 0 saturated carbocycles. The van der Waals surface area contributed by atoms with Gasteiger partial charge in [0.15, 0.2) is 6.29 Å². The van der Waals surface area contributed by atoms with Gasteiger partial charge in [0.05, 0.1) is 36.8 Å². The number of hydrogen-bond acceptors (Lipinski definition) is 11. The van der Waals surface area contributed by atoms with E-state index < -0.39 is 67.4 Å². The van der Waals surface area contributed by atoms with Crippen LogP contribution in [-0.2, 0) is 30.2 Å². The summed E-state index contributed by atoms with van der Waals surface area (Å²) >= 11 is 0. The van der Waals surface area contributed by atoms with E-state index in [9.17, 15) is 35.1 Å². The van der Waals surface area contributed by atoms with Gasteiger partial charge < -0.3 is 49.5 Å². The number of nitrogens with zero attached hydrogens (tertiary/aromatic N) is 1.